The van der Waals surface area contributed by atoms with Gasteiger partial charge in [-0.3, -0.25) is 4.79 Å². The smallest absolute Gasteiger partial charge is 0.326 e. The van der Waals surface area contributed by atoms with E-state index in [2.05, 4.69) is 11.9 Å². The highest BCUT2D eigenvalue weighted by Crippen LogP contribution is 2.26. The van der Waals surface area contributed by atoms with E-state index in [1.807, 2.05) is 44.2 Å². The zero-order valence-corrected chi connectivity index (χ0v) is 12.6. The van der Waals surface area contributed by atoms with E-state index in [9.17, 15) is 9.59 Å². The Kier molecular flexibility index (Phi) is 6.15. The minimum atomic E-state index is -1.01. The van der Waals surface area contributed by atoms with Crippen molar-refractivity contribution in [1.82, 2.24) is 5.32 Å². The molecule has 0 aromatic heterocycles. The number of hydrogen-bond donors (Lipinski definition) is 2. The van der Waals surface area contributed by atoms with Crippen molar-refractivity contribution in [1.29, 1.82) is 0 Å². The summed E-state index contributed by atoms with van der Waals surface area (Å²) in [4.78, 5) is 23.2. The van der Waals surface area contributed by atoms with Gasteiger partial charge in [0.2, 0.25) is 5.91 Å². The van der Waals surface area contributed by atoms with E-state index in [1.54, 1.807) is 6.08 Å². The highest BCUT2D eigenvalue weighted by molar-refractivity contribution is 5.84. The third-order valence-electron chi connectivity index (χ3n) is 3.45. The molecular formula is C17H23NO3. The maximum Gasteiger partial charge on any atom is 0.326 e. The molecule has 0 saturated carbocycles. The number of benzene rings is 1. The molecule has 1 unspecified atom stereocenters. The van der Waals surface area contributed by atoms with Crippen LogP contribution < -0.4 is 5.32 Å². The van der Waals surface area contributed by atoms with E-state index in [1.165, 1.54) is 0 Å². The average Bonchev–Trinajstić information content (AvgIpc) is 2.43. The van der Waals surface area contributed by atoms with Crippen molar-refractivity contribution in [2.45, 2.75) is 44.6 Å². The quantitative estimate of drug-likeness (QED) is 0.723. The summed E-state index contributed by atoms with van der Waals surface area (Å²) < 4.78 is 0. The lowest BCUT2D eigenvalue weighted by Gasteiger charge is -2.25. The van der Waals surface area contributed by atoms with Gasteiger partial charge in [0.1, 0.15) is 6.04 Å². The summed E-state index contributed by atoms with van der Waals surface area (Å²) in [5.74, 6) is -1.26. The van der Waals surface area contributed by atoms with Gasteiger partial charge in [-0.15, -0.1) is 6.58 Å². The molecule has 0 radical (unpaired) electrons. The summed E-state index contributed by atoms with van der Waals surface area (Å²) in [6, 6.07) is 8.87. The maximum absolute atomic E-state index is 12.1. The Bertz CT molecular complexity index is 494. The standard InChI is InChI=1S/C17H23NO3/c1-4-5-11-14(16(20)21)18-15(19)12-17(2,3)13-9-7-6-8-10-13/h4,6-10,14H,1,5,11-12H2,2-3H3,(H,18,19)(H,20,21). The molecule has 21 heavy (non-hydrogen) atoms. The number of hydrogen-bond acceptors (Lipinski definition) is 2. The Morgan fingerprint density at radius 1 is 1.33 bits per heavy atom. The predicted molar refractivity (Wildman–Crippen MR) is 83.1 cm³/mol. The number of carboxylic acids is 1. The number of allylic oxidation sites excluding steroid dienone is 1. The lowest BCUT2D eigenvalue weighted by Crippen LogP contribution is -2.42. The minimum Gasteiger partial charge on any atom is -0.480 e. The van der Waals surface area contributed by atoms with Crippen LogP contribution in [0.4, 0.5) is 0 Å². The molecule has 0 aliphatic heterocycles. The second kappa shape index (κ2) is 7.62. The Balaban J connectivity index is 2.67. The molecule has 1 amide bonds. The van der Waals surface area contributed by atoms with Gasteiger partial charge >= 0.3 is 5.97 Å². The molecular weight excluding hydrogens is 266 g/mol. The Labute approximate surface area is 125 Å². The van der Waals surface area contributed by atoms with Crippen LogP contribution in [-0.4, -0.2) is 23.0 Å². The highest BCUT2D eigenvalue weighted by atomic mass is 16.4. The molecule has 1 aromatic rings. The molecule has 4 heteroatoms. The number of carboxylic acid groups (broad SMARTS) is 1. The Hall–Kier alpha value is -2.10. The Morgan fingerprint density at radius 3 is 2.48 bits per heavy atom. The number of aliphatic carboxylic acids is 1. The molecule has 1 rings (SSSR count). The van der Waals surface area contributed by atoms with E-state index in [-0.39, 0.29) is 17.7 Å². The number of carbonyl (C=O) groups excluding carboxylic acids is 1. The zero-order chi connectivity index (χ0) is 15.9. The third-order valence-corrected chi connectivity index (χ3v) is 3.45. The van der Waals surface area contributed by atoms with Crippen LogP contribution in [0.25, 0.3) is 0 Å². The van der Waals surface area contributed by atoms with Gasteiger partial charge in [0.05, 0.1) is 0 Å². The molecule has 1 aromatic carbocycles. The molecule has 114 valence electrons. The monoisotopic (exact) mass is 289 g/mol. The fourth-order valence-corrected chi connectivity index (χ4v) is 2.18. The fourth-order valence-electron chi connectivity index (χ4n) is 2.18. The van der Waals surface area contributed by atoms with Crippen molar-refractivity contribution in [3.8, 4) is 0 Å². The molecule has 0 aliphatic rings. The van der Waals surface area contributed by atoms with Gasteiger partial charge in [0.25, 0.3) is 0 Å². The number of amides is 1. The van der Waals surface area contributed by atoms with Gasteiger partial charge in [-0.05, 0) is 23.8 Å². The topological polar surface area (TPSA) is 66.4 Å². The minimum absolute atomic E-state index is 0.245. The molecule has 1 atom stereocenters. The zero-order valence-electron chi connectivity index (χ0n) is 12.6. The van der Waals surface area contributed by atoms with Crippen LogP contribution in [0.5, 0.6) is 0 Å². The third kappa shape index (κ3) is 5.42. The van der Waals surface area contributed by atoms with E-state index >= 15 is 0 Å². The number of rotatable bonds is 8. The SMILES string of the molecule is C=CCCC(NC(=O)CC(C)(C)c1ccccc1)C(=O)O. The molecule has 0 saturated heterocycles. The van der Waals surface area contributed by atoms with Crippen LogP contribution in [0.3, 0.4) is 0 Å². The van der Waals surface area contributed by atoms with Gasteiger partial charge in [0, 0.05) is 6.42 Å². The number of carbonyl (C=O) groups is 2. The molecule has 0 fully saturated rings. The lowest BCUT2D eigenvalue weighted by molar-refractivity contribution is -0.142. The summed E-state index contributed by atoms with van der Waals surface area (Å²) in [6.07, 6.45) is 2.81. The largest absolute Gasteiger partial charge is 0.480 e. The van der Waals surface area contributed by atoms with Crippen molar-refractivity contribution >= 4 is 11.9 Å². The van der Waals surface area contributed by atoms with E-state index < -0.39 is 12.0 Å². The van der Waals surface area contributed by atoms with Crippen molar-refractivity contribution in [3.63, 3.8) is 0 Å². The molecule has 4 nitrogen and oxygen atoms in total. The summed E-state index contributed by atoms with van der Waals surface area (Å²) in [6.45, 7) is 7.51. The van der Waals surface area contributed by atoms with Gasteiger partial charge < -0.3 is 10.4 Å². The first-order valence-electron chi connectivity index (χ1n) is 7.05. The second-order valence-corrected chi connectivity index (χ2v) is 5.75. The highest BCUT2D eigenvalue weighted by Gasteiger charge is 2.26. The van der Waals surface area contributed by atoms with Crippen molar-refractivity contribution in [2.75, 3.05) is 0 Å². The molecule has 0 aliphatic carbocycles. The van der Waals surface area contributed by atoms with Crippen molar-refractivity contribution in [2.24, 2.45) is 0 Å². The van der Waals surface area contributed by atoms with Gasteiger partial charge in [-0.2, -0.15) is 0 Å². The summed E-state index contributed by atoms with van der Waals surface area (Å²) >= 11 is 0. The van der Waals surface area contributed by atoms with Crippen LogP contribution in [0.15, 0.2) is 43.0 Å². The first-order chi connectivity index (χ1) is 9.86. The first-order valence-corrected chi connectivity index (χ1v) is 7.05. The summed E-state index contributed by atoms with van der Waals surface area (Å²) in [5, 5.41) is 11.7. The van der Waals surface area contributed by atoms with Gasteiger partial charge in [-0.1, -0.05) is 50.3 Å². The van der Waals surface area contributed by atoms with Crippen LogP contribution in [0, 0.1) is 0 Å². The fraction of sp³-hybridized carbons (Fsp3) is 0.412. The first kappa shape index (κ1) is 17.0. The second-order valence-electron chi connectivity index (χ2n) is 5.75. The summed E-state index contributed by atoms with van der Waals surface area (Å²) in [5.41, 5.74) is 0.713. The van der Waals surface area contributed by atoms with Crippen LogP contribution in [0.2, 0.25) is 0 Å². The lowest BCUT2D eigenvalue weighted by atomic mass is 9.81. The van der Waals surface area contributed by atoms with Crippen molar-refractivity contribution < 1.29 is 14.7 Å². The van der Waals surface area contributed by atoms with Crippen LogP contribution in [-0.2, 0) is 15.0 Å². The number of nitrogens with one attached hydrogen (secondary N) is 1. The van der Waals surface area contributed by atoms with E-state index in [0.717, 1.165) is 5.56 Å². The summed E-state index contributed by atoms with van der Waals surface area (Å²) in [7, 11) is 0. The molecule has 0 bridgehead atoms. The normalized spacial score (nSPS) is 12.5. The van der Waals surface area contributed by atoms with Crippen LogP contribution in [0.1, 0.15) is 38.7 Å². The molecule has 2 N–H and O–H groups in total. The Morgan fingerprint density at radius 2 is 1.95 bits per heavy atom. The average molecular weight is 289 g/mol. The van der Waals surface area contributed by atoms with E-state index in [4.69, 9.17) is 5.11 Å². The van der Waals surface area contributed by atoms with Gasteiger partial charge in [0.15, 0.2) is 0 Å². The molecule has 0 heterocycles. The van der Waals surface area contributed by atoms with Gasteiger partial charge in [-0.25, -0.2) is 4.79 Å². The maximum atomic E-state index is 12.1. The van der Waals surface area contributed by atoms with Crippen molar-refractivity contribution in [3.05, 3.63) is 48.6 Å². The molecule has 0 spiro atoms. The van der Waals surface area contributed by atoms with Crippen LogP contribution >= 0.6 is 0 Å². The van der Waals surface area contributed by atoms with E-state index in [0.29, 0.717) is 12.8 Å². The predicted octanol–water partition coefficient (Wildman–Crippen LogP) is 2.89.